The zero-order valence-corrected chi connectivity index (χ0v) is 19.9. The average molecular weight is 400 g/mol. The summed E-state index contributed by atoms with van der Waals surface area (Å²) in [4.78, 5) is 3.63. The second-order valence-corrected chi connectivity index (χ2v) is 8.48. The summed E-state index contributed by atoms with van der Waals surface area (Å²) < 4.78 is 29.5. The molecule has 0 aromatic heterocycles. The molecule has 1 N–H and O–H groups in total. The SMILES string of the molecule is CCCCCCCCCCCCCCCCC([O-])=NCCS(=O)(=O)O.[Na+]. The van der Waals surface area contributed by atoms with Crippen LogP contribution in [-0.4, -0.2) is 31.2 Å². The largest absolute Gasteiger partial charge is 1.00 e. The van der Waals surface area contributed by atoms with Gasteiger partial charge in [-0.1, -0.05) is 90.4 Å². The van der Waals surface area contributed by atoms with Crippen molar-refractivity contribution >= 4 is 16.0 Å². The Balaban J connectivity index is 0. The number of unbranched alkanes of at least 4 members (excludes halogenated alkanes) is 13. The number of hydrogen-bond acceptors (Lipinski definition) is 4. The zero-order chi connectivity index (χ0) is 18.8. The van der Waals surface area contributed by atoms with Gasteiger partial charge in [-0.15, -0.1) is 0 Å². The molecule has 0 saturated heterocycles. The van der Waals surface area contributed by atoms with Crippen LogP contribution in [0.2, 0.25) is 0 Å². The first kappa shape index (κ1) is 28.6. The van der Waals surface area contributed by atoms with Crippen LogP contribution in [0.15, 0.2) is 4.99 Å². The third-order valence-electron chi connectivity index (χ3n) is 4.38. The van der Waals surface area contributed by atoms with Crippen LogP contribution in [-0.2, 0) is 10.1 Å². The molecule has 0 aliphatic carbocycles. The van der Waals surface area contributed by atoms with Gasteiger partial charge in [-0.3, -0.25) is 4.55 Å². The molecular weight excluding hydrogens is 361 g/mol. The van der Waals surface area contributed by atoms with Crippen molar-refractivity contribution in [2.24, 2.45) is 4.99 Å². The summed E-state index contributed by atoms with van der Waals surface area (Å²) in [6.45, 7) is 2.11. The van der Waals surface area contributed by atoms with Crippen LogP contribution in [0, 0.1) is 0 Å². The van der Waals surface area contributed by atoms with Crippen LogP contribution in [0.5, 0.6) is 0 Å². The van der Waals surface area contributed by atoms with Crippen molar-refractivity contribution in [2.75, 3.05) is 12.3 Å². The molecule has 0 heterocycles. The fourth-order valence-electron chi connectivity index (χ4n) is 2.84. The van der Waals surface area contributed by atoms with Crippen molar-refractivity contribution < 1.29 is 47.6 Å². The van der Waals surface area contributed by atoms with E-state index in [4.69, 9.17) is 4.55 Å². The number of hydrogen-bond donors (Lipinski definition) is 1. The number of rotatable bonds is 18. The molecule has 0 aliphatic rings. The molecular formula is C19H38NNaO4S. The maximum absolute atomic E-state index is 11.4. The Bertz CT molecular complexity index is 427. The summed E-state index contributed by atoms with van der Waals surface area (Å²) in [5.41, 5.74) is 0. The van der Waals surface area contributed by atoms with Gasteiger partial charge in [-0.2, -0.15) is 8.42 Å². The number of nitrogens with zero attached hydrogens (tertiary/aromatic N) is 1. The van der Waals surface area contributed by atoms with Crippen LogP contribution in [0.1, 0.15) is 103 Å². The smallest absolute Gasteiger partial charge is 0.862 e. The van der Waals surface area contributed by atoms with Gasteiger partial charge in [0.05, 0.1) is 12.3 Å². The molecule has 0 amide bonds. The van der Waals surface area contributed by atoms with Crippen molar-refractivity contribution in [3.63, 3.8) is 0 Å². The van der Waals surface area contributed by atoms with Crippen LogP contribution in [0.3, 0.4) is 0 Å². The van der Waals surface area contributed by atoms with Crippen LogP contribution < -0.4 is 34.7 Å². The summed E-state index contributed by atoms with van der Waals surface area (Å²) >= 11 is 0. The van der Waals surface area contributed by atoms with Crippen molar-refractivity contribution in [3.05, 3.63) is 0 Å². The standard InChI is InChI=1S/C19H39NO4S.Na/c1-2-3-4-5-6-7-8-9-10-11-12-13-14-15-16-19(21)20-17-18-25(22,23)24;/h2-18H2,1H3,(H,20,21)(H,22,23,24);/q;+1/p-1. The molecule has 0 aliphatic heterocycles. The van der Waals surface area contributed by atoms with Crippen molar-refractivity contribution in [1.82, 2.24) is 0 Å². The fraction of sp³-hybridized carbons (Fsp3) is 0.947. The van der Waals surface area contributed by atoms with Gasteiger partial charge in [0.25, 0.3) is 10.1 Å². The Morgan fingerprint density at radius 1 is 0.808 bits per heavy atom. The average Bonchev–Trinajstić information content (AvgIpc) is 2.54. The summed E-state index contributed by atoms with van der Waals surface area (Å²) in [6, 6.07) is 0. The van der Waals surface area contributed by atoms with Crippen LogP contribution in [0.4, 0.5) is 0 Å². The molecule has 26 heavy (non-hydrogen) atoms. The van der Waals surface area contributed by atoms with Crippen LogP contribution >= 0.6 is 0 Å². The van der Waals surface area contributed by atoms with E-state index < -0.39 is 15.9 Å². The number of aliphatic imine (C=N–C) groups is 1. The molecule has 0 saturated carbocycles. The molecule has 0 radical (unpaired) electrons. The van der Waals surface area contributed by atoms with Gasteiger partial charge in [-0.25, -0.2) is 0 Å². The van der Waals surface area contributed by atoms with E-state index in [1.165, 1.54) is 70.6 Å². The molecule has 5 nitrogen and oxygen atoms in total. The molecule has 0 aromatic carbocycles. The first-order chi connectivity index (χ1) is 12.0. The fourth-order valence-corrected chi connectivity index (χ4v) is 3.16. The molecule has 0 bridgehead atoms. The second kappa shape index (κ2) is 20.1. The van der Waals surface area contributed by atoms with Crippen molar-refractivity contribution in [2.45, 2.75) is 103 Å². The Morgan fingerprint density at radius 2 is 1.19 bits per heavy atom. The van der Waals surface area contributed by atoms with Gasteiger partial charge in [-0.05, 0) is 18.7 Å². The van der Waals surface area contributed by atoms with E-state index in [-0.39, 0.29) is 42.0 Å². The van der Waals surface area contributed by atoms with E-state index >= 15 is 0 Å². The van der Waals surface area contributed by atoms with Gasteiger partial charge < -0.3 is 10.1 Å². The Labute approximate surface area is 183 Å². The Morgan fingerprint density at radius 3 is 1.58 bits per heavy atom. The minimum Gasteiger partial charge on any atom is -0.862 e. The third-order valence-corrected chi connectivity index (χ3v) is 5.08. The predicted octanol–water partition coefficient (Wildman–Crippen LogP) is 1.51. The molecule has 0 aromatic rings. The van der Waals surface area contributed by atoms with E-state index in [1.807, 2.05) is 0 Å². The van der Waals surface area contributed by atoms with Gasteiger partial charge >= 0.3 is 29.6 Å². The third kappa shape index (κ3) is 24.4. The van der Waals surface area contributed by atoms with Gasteiger partial charge in [0.1, 0.15) is 0 Å². The predicted molar refractivity (Wildman–Crippen MR) is 104 cm³/mol. The molecule has 0 fully saturated rings. The zero-order valence-electron chi connectivity index (χ0n) is 17.0. The molecule has 150 valence electrons. The van der Waals surface area contributed by atoms with E-state index in [9.17, 15) is 13.5 Å². The van der Waals surface area contributed by atoms with Crippen molar-refractivity contribution in [3.8, 4) is 0 Å². The minimum absolute atomic E-state index is 0. The first-order valence-corrected chi connectivity index (χ1v) is 11.7. The quantitative estimate of drug-likeness (QED) is 0.124. The summed E-state index contributed by atoms with van der Waals surface area (Å²) in [6.07, 6.45) is 18.2. The van der Waals surface area contributed by atoms with Crippen molar-refractivity contribution in [1.29, 1.82) is 0 Å². The molecule has 0 spiro atoms. The normalized spacial score (nSPS) is 12.2. The van der Waals surface area contributed by atoms with E-state index in [2.05, 4.69) is 11.9 Å². The topological polar surface area (TPSA) is 89.8 Å². The monoisotopic (exact) mass is 399 g/mol. The summed E-state index contributed by atoms with van der Waals surface area (Å²) in [5, 5.41) is 11.4. The minimum atomic E-state index is -4.02. The van der Waals surface area contributed by atoms with E-state index in [1.54, 1.807) is 0 Å². The van der Waals surface area contributed by atoms with E-state index in [0.717, 1.165) is 19.3 Å². The summed E-state index contributed by atoms with van der Waals surface area (Å²) in [5.74, 6) is -0.736. The Kier molecular flexibility index (Phi) is 22.1. The van der Waals surface area contributed by atoms with Gasteiger partial charge in [0.15, 0.2) is 0 Å². The maximum atomic E-state index is 11.4. The van der Waals surface area contributed by atoms with Gasteiger partial charge in [0, 0.05) is 0 Å². The van der Waals surface area contributed by atoms with Gasteiger partial charge in [0.2, 0.25) is 0 Å². The molecule has 0 rings (SSSR count). The molecule has 7 heteroatoms. The summed E-state index contributed by atoms with van der Waals surface area (Å²) in [7, 11) is -4.02. The molecule has 0 atom stereocenters. The van der Waals surface area contributed by atoms with E-state index in [0.29, 0.717) is 6.42 Å². The second-order valence-electron chi connectivity index (χ2n) is 6.91. The maximum Gasteiger partial charge on any atom is 1.00 e. The first-order valence-electron chi connectivity index (χ1n) is 10.1. The van der Waals surface area contributed by atoms with Crippen LogP contribution in [0.25, 0.3) is 0 Å². The molecule has 0 unspecified atom stereocenters. The Hall–Kier alpha value is 0.380.